The monoisotopic (exact) mass is 523 g/mol. The lowest BCUT2D eigenvalue weighted by Crippen LogP contribution is -2.68. The molecule has 0 saturated carbocycles. The lowest BCUT2D eigenvalue weighted by Gasteiger charge is -2.38. The number of hydrogen-bond acceptors (Lipinski definition) is 6. The third kappa shape index (κ3) is 6.98. The predicted octanol–water partition coefficient (Wildman–Crippen LogP) is 2.11. The van der Waals surface area contributed by atoms with Crippen molar-refractivity contribution >= 4 is 23.5 Å². The lowest BCUT2D eigenvalue weighted by atomic mass is 9.88. The molecule has 3 N–H and O–H groups in total. The summed E-state index contributed by atoms with van der Waals surface area (Å²) in [5.41, 5.74) is -0.321. The second-order valence-electron chi connectivity index (χ2n) is 9.77. The molecule has 3 amide bonds. The molecular weight excluding hydrogens is 486 g/mol. The van der Waals surface area contributed by atoms with E-state index in [1.165, 1.54) is 0 Å². The molecule has 2 heterocycles. The Bertz CT molecular complexity index is 1140. The molecule has 4 unspecified atom stereocenters. The highest BCUT2D eigenvalue weighted by Gasteiger charge is 2.50. The number of carbonyl (C=O) groups is 4. The number of amides is 3. The third-order valence-electron chi connectivity index (χ3n) is 6.67. The zero-order valence-electron chi connectivity index (χ0n) is 22.6. The van der Waals surface area contributed by atoms with Crippen molar-refractivity contribution in [3.8, 4) is 5.75 Å². The summed E-state index contributed by atoms with van der Waals surface area (Å²) < 4.78 is 10.6. The average Bonchev–Trinajstić information content (AvgIpc) is 3.67. The standard InChI is InChI=1S/C27H31N3O6.C2H6/c1-26(15-22(31)30-26)25(34)29-21(14-18-9-11-19(35-3)12-10-18)24(33)28-20(23(32)27(2)16-36-27)13-17-7-5-4-6-8-17;1-2/h4-12,20-21H,13-16H2,1-3H3,(H,28,33)(H,29,34)(H,30,31);1-2H3. The van der Waals surface area contributed by atoms with E-state index >= 15 is 0 Å². The first-order valence-corrected chi connectivity index (χ1v) is 12.9. The molecule has 204 valence electrons. The molecule has 0 spiro atoms. The normalized spacial score (nSPS) is 22.8. The molecule has 2 saturated heterocycles. The molecule has 2 fully saturated rings. The van der Waals surface area contributed by atoms with Gasteiger partial charge in [0.05, 0.1) is 26.2 Å². The second-order valence-corrected chi connectivity index (χ2v) is 9.77. The summed E-state index contributed by atoms with van der Waals surface area (Å²) in [6, 6.07) is 14.7. The Morgan fingerprint density at radius 3 is 2.03 bits per heavy atom. The van der Waals surface area contributed by atoms with E-state index in [1.807, 2.05) is 56.3 Å². The maximum atomic E-state index is 13.5. The smallest absolute Gasteiger partial charge is 0.246 e. The third-order valence-corrected chi connectivity index (χ3v) is 6.67. The molecule has 0 radical (unpaired) electrons. The number of ether oxygens (including phenoxy) is 2. The van der Waals surface area contributed by atoms with Crippen molar-refractivity contribution in [1.29, 1.82) is 0 Å². The van der Waals surface area contributed by atoms with Crippen molar-refractivity contribution in [3.63, 3.8) is 0 Å². The number of epoxide rings is 1. The molecule has 2 aliphatic rings. The van der Waals surface area contributed by atoms with Gasteiger partial charge in [-0.05, 0) is 43.5 Å². The predicted molar refractivity (Wildman–Crippen MR) is 143 cm³/mol. The first-order valence-electron chi connectivity index (χ1n) is 12.9. The van der Waals surface area contributed by atoms with Crippen molar-refractivity contribution in [2.24, 2.45) is 0 Å². The first-order chi connectivity index (χ1) is 18.1. The van der Waals surface area contributed by atoms with Gasteiger partial charge in [-0.3, -0.25) is 19.2 Å². The van der Waals surface area contributed by atoms with Crippen molar-refractivity contribution in [3.05, 3.63) is 65.7 Å². The molecule has 9 nitrogen and oxygen atoms in total. The van der Waals surface area contributed by atoms with Crippen LogP contribution in [0.1, 0.15) is 45.2 Å². The lowest BCUT2D eigenvalue weighted by molar-refractivity contribution is -0.144. The topological polar surface area (TPSA) is 126 Å². The maximum Gasteiger partial charge on any atom is 0.246 e. The highest BCUT2D eigenvalue weighted by molar-refractivity contribution is 6.03. The molecular formula is C29H37N3O6. The van der Waals surface area contributed by atoms with E-state index < -0.39 is 35.0 Å². The Morgan fingerprint density at radius 1 is 0.947 bits per heavy atom. The van der Waals surface area contributed by atoms with E-state index in [0.29, 0.717) is 18.8 Å². The zero-order chi connectivity index (χ0) is 27.9. The number of β-lactam (4-membered cyclic amide) rings is 1. The van der Waals surface area contributed by atoms with E-state index in [9.17, 15) is 19.2 Å². The van der Waals surface area contributed by atoms with Gasteiger partial charge in [0, 0.05) is 6.42 Å². The van der Waals surface area contributed by atoms with Gasteiger partial charge < -0.3 is 25.4 Å². The van der Waals surface area contributed by atoms with E-state index in [1.54, 1.807) is 33.1 Å². The molecule has 0 bridgehead atoms. The van der Waals surface area contributed by atoms with Crippen molar-refractivity contribution < 1.29 is 28.7 Å². The van der Waals surface area contributed by atoms with Crippen LogP contribution >= 0.6 is 0 Å². The molecule has 4 atom stereocenters. The molecule has 9 heteroatoms. The van der Waals surface area contributed by atoms with Crippen molar-refractivity contribution in [2.45, 2.75) is 70.2 Å². The Balaban J connectivity index is 0.00000195. The average molecular weight is 524 g/mol. The van der Waals surface area contributed by atoms with Crippen LogP contribution in [0.3, 0.4) is 0 Å². The molecule has 2 aliphatic heterocycles. The molecule has 38 heavy (non-hydrogen) atoms. The summed E-state index contributed by atoms with van der Waals surface area (Å²) in [6.45, 7) is 7.62. The van der Waals surface area contributed by atoms with Crippen LogP contribution in [0.4, 0.5) is 0 Å². The number of benzene rings is 2. The SMILES string of the molecule is CC.COc1ccc(CC(NC(=O)C2(C)CC(=O)N2)C(=O)NC(Cc2ccccc2)C(=O)C2(C)CO2)cc1. The summed E-state index contributed by atoms with van der Waals surface area (Å²) in [5.74, 6) is -0.728. The van der Waals surface area contributed by atoms with Crippen LogP contribution in [0.15, 0.2) is 54.6 Å². The van der Waals surface area contributed by atoms with Crippen LogP contribution in [-0.4, -0.2) is 60.4 Å². The second kappa shape index (κ2) is 12.2. The van der Waals surface area contributed by atoms with Gasteiger partial charge in [0.25, 0.3) is 0 Å². The van der Waals surface area contributed by atoms with Gasteiger partial charge in [-0.25, -0.2) is 0 Å². The van der Waals surface area contributed by atoms with Crippen molar-refractivity contribution in [2.75, 3.05) is 13.7 Å². The van der Waals surface area contributed by atoms with E-state index in [0.717, 1.165) is 11.1 Å². The fourth-order valence-electron chi connectivity index (χ4n) is 4.22. The fraction of sp³-hybridized carbons (Fsp3) is 0.448. The van der Waals surface area contributed by atoms with Crippen LogP contribution in [0.25, 0.3) is 0 Å². The van der Waals surface area contributed by atoms with Crippen LogP contribution in [0.5, 0.6) is 5.75 Å². The minimum atomic E-state index is -1.08. The highest BCUT2D eigenvalue weighted by Crippen LogP contribution is 2.29. The van der Waals surface area contributed by atoms with E-state index in [4.69, 9.17) is 9.47 Å². The molecule has 2 aromatic rings. The van der Waals surface area contributed by atoms with Crippen LogP contribution in [0.2, 0.25) is 0 Å². The molecule has 0 aliphatic carbocycles. The number of methoxy groups -OCH3 is 1. The summed E-state index contributed by atoms with van der Waals surface area (Å²) in [7, 11) is 1.56. The van der Waals surface area contributed by atoms with Gasteiger partial charge in [-0.1, -0.05) is 56.3 Å². The Labute approximate surface area is 223 Å². The number of Topliss-reactive ketones (excluding diaryl/α,β-unsaturated/α-hetero) is 1. The number of ketones is 1. The van der Waals surface area contributed by atoms with E-state index in [-0.39, 0.29) is 24.5 Å². The summed E-state index contributed by atoms with van der Waals surface area (Å²) >= 11 is 0. The van der Waals surface area contributed by atoms with E-state index in [2.05, 4.69) is 16.0 Å². The highest BCUT2D eigenvalue weighted by atomic mass is 16.6. The number of carbonyl (C=O) groups excluding carboxylic acids is 4. The van der Waals surface area contributed by atoms with Crippen LogP contribution < -0.4 is 20.7 Å². The molecule has 4 rings (SSSR count). The van der Waals surface area contributed by atoms with Gasteiger partial charge >= 0.3 is 0 Å². The van der Waals surface area contributed by atoms with Crippen LogP contribution in [-0.2, 0) is 36.8 Å². The van der Waals surface area contributed by atoms with Gasteiger partial charge in [0.2, 0.25) is 17.7 Å². The van der Waals surface area contributed by atoms with Gasteiger partial charge in [-0.15, -0.1) is 0 Å². The fourth-order valence-corrected chi connectivity index (χ4v) is 4.22. The quantitative estimate of drug-likeness (QED) is 0.306. The molecule has 0 aromatic heterocycles. The van der Waals surface area contributed by atoms with Crippen molar-refractivity contribution in [1.82, 2.24) is 16.0 Å². The first kappa shape index (κ1) is 28.8. The minimum Gasteiger partial charge on any atom is -0.497 e. The molecule has 2 aromatic carbocycles. The maximum absolute atomic E-state index is 13.5. The minimum absolute atomic E-state index is 0.0422. The number of hydrogen-bond donors (Lipinski definition) is 3. The van der Waals surface area contributed by atoms with Gasteiger partial charge in [-0.2, -0.15) is 0 Å². The zero-order valence-corrected chi connectivity index (χ0v) is 22.6. The summed E-state index contributed by atoms with van der Waals surface area (Å²) in [4.78, 5) is 51.1. The number of rotatable bonds is 11. The Morgan fingerprint density at radius 2 is 1.50 bits per heavy atom. The summed E-state index contributed by atoms with van der Waals surface area (Å²) in [6.07, 6.45) is 0.521. The largest absolute Gasteiger partial charge is 0.497 e. The van der Waals surface area contributed by atoms with Gasteiger partial charge in [0.15, 0.2) is 5.78 Å². The summed E-state index contributed by atoms with van der Waals surface area (Å²) in [5, 5.41) is 8.23. The van der Waals surface area contributed by atoms with Gasteiger partial charge in [0.1, 0.15) is 22.9 Å². The van der Waals surface area contributed by atoms with Crippen LogP contribution in [0, 0.1) is 0 Å². The Hall–Kier alpha value is -3.72. The number of nitrogens with one attached hydrogen (secondary N) is 3. The Kier molecular flexibility index (Phi) is 9.27.